The van der Waals surface area contributed by atoms with Crippen molar-refractivity contribution in [3.8, 4) is 0 Å². The molecule has 1 unspecified atom stereocenters. The van der Waals surface area contributed by atoms with Crippen molar-refractivity contribution in [1.82, 2.24) is 5.32 Å². The summed E-state index contributed by atoms with van der Waals surface area (Å²) in [6.07, 6.45) is 4.14. The van der Waals surface area contributed by atoms with Crippen LogP contribution in [0.5, 0.6) is 0 Å². The summed E-state index contributed by atoms with van der Waals surface area (Å²) in [6, 6.07) is 0. The highest BCUT2D eigenvalue weighted by Gasteiger charge is 2.12. The smallest absolute Gasteiger partial charge is 0.0699 e. The molecule has 88 valence electrons. The molecule has 0 radical (unpaired) electrons. The molecule has 1 aliphatic heterocycles. The molecule has 1 N–H and O–H groups in total. The van der Waals surface area contributed by atoms with Crippen molar-refractivity contribution in [1.29, 1.82) is 0 Å². The molecule has 3 nitrogen and oxygen atoms in total. The Morgan fingerprint density at radius 3 is 3.07 bits per heavy atom. The van der Waals surface area contributed by atoms with Gasteiger partial charge in [-0.25, -0.2) is 0 Å². The van der Waals surface area contributed by atoms with Gasteiger partial charge in [-0.05, 0) is 26.2 Å². The minimum Gasteiger partial charge on any atom is -0.377 e. The molecule has 1 rings (SSSR count). The summed E-state index contributed by atoms with van der Waals surface area (Å²) >= 11 is 0. The first kappa shape index (κ1) is 12.7. The molecule has 0 saturated carbocycles. The quantitative estimate of drug-likeness (QED) is 0.516. The number of ether oxygens (including phenoxy) is 2. The van der Waals surface area contributed by atoms with Crippen LogP contribution in [0.1, 0.15) is 26.2 Å². The maximum absolute atomic E-state index is 5.61. The summed E-state index contributed by atoms with van der Waals surface area (Å²) in [4.78, 5) is 0. The number of hydrogen-bond acceptors (Lipinski definition) is 3. The van der Waals surface area contributed by atoms with Crippen molar-refractivity contribution in [3.05, 3.63) is 12.2 Å². The molecule has 0 aliphatic carbocycles. The zero-order chi connectivity index (χ0) is 10.9. The van der Waals surface area contributed by atoms with E-state index in [1.807, 2.05) is 6.92 Å². The van der Waals surface area contributed by atoms with E-state index in [4.69, 9.17) is 9.47 Å². The van der Waals surface area contributed by atoms with Gasteiger partial charge in [-0.3, -0.25) is 0 Å². The second kappa shape index (κ2) is 7.85. The standard InChI is InChI=1S/C12H23NO2/c1-11(2)10-14-8-6-13-9-12-5-3-4-7-15-12/h12-13H,1,3-10H2,2H3. The van der Waals surface area contributed by atoms with Crippen molar-refractivity contribution in [3.63, 3.8) is 0 Å². The fourth-order valence-corrected chi connectivity index (χ4v) is 1.62. The third-order valence-corrected chi connectivity index (χ3v) is 2.42. The lowest BCUT2D eigenvalue weighted by molar-refractivity contribution is 0.0159. The average Bonchev–Trinajstić information content (AvgIpc) is 2.24. The van der Waals surface area contributed by atoms with Gasteiger partial charge in [0.15, 0.2) is 0 Å². The van der Waals surface area contributed by atoms with Gasteiger partial charge in [0.25, 0.3) is 0 Å². The van der Waals surface area contributed by atoms with E-state index in [-0.39, 0.29) is 0 Å². The van der Waals surface area contributed by atoms with Gasteiger partial charge in [-0.1, -0.05) is 12.2 Å². The first-order valence-corrected chi connectivity index (χ1v) is 5.83. The highest BCUT2D eigenvalue weighted by atomic mass is 16.5. The van der Waals surface area contributed by atoms with Crippen LogP contribution in [-0.4, -0.2) is 39.0 Å². The average molecular weight is 213 g/mol. The Balaban J connectivity index is 1.85. The van der Waals surface area contributed by atoms with Crippen LogP contribution >= 0.6 is 0 Å². The van der Waals surface area contributed by atoms with Crippen LogP contribution in [0.4, 0.5) is 0 Å². The van der Waals surface area contributed by atoms with Crippen molar-refractivity contribution in [2.24, 2.45) is 0 Å². The van der Waals surface area contributed by atoms with Gasteiger partial charge >= 0.3 is 0 Å². The molecule has 1 fully saturated rings. The fourth-order valence-electron chi connectivity index (χ4n) is 1.62. The second-order valence-corrected chi connectivity index (χ2v) is 4.20. The summed E-state index contributed by atoms with van der Waals surface area (Å²) in [5, 5.41) is 3.35. The Morgan fingerprint density at radius 1 is 1.53 bits per heavy atom. The van der Waals surface area contributed by atoms with Gasteiger partial charge < -0.3 is 14.8 Å². The topological polar surface area (TPSA) is 30.5 Å². The minimum absolute atomic E-state index is 0.417. The first-order chi connectivity index (χ1) is 7.29. The lowest BCUT2D eigenvalue weighted by Crippen LogP contribution is -2.33. The molecular formula is C12H23NO2. The van der Waals surface area contributed by atoms with Crippen LogP contribution in [0.3, 0.4) is 0 Å². The largest absolute Gasteiger partial charge is 0.377 e. The summed E-state index contributed by atoms with van der Waals surface area (Å²) in [6.45, 7) is 9.95. The molecule has 0 aromatic rings. The van der Waals surface area contributed by atoms with Crippen LogP contribution in [-0.2, 0) is 9.47 Å². The highest BCUT2D eigenvalue weighted by Crippen LogP contribution is 2.11. The van der Waals surface area contributed by atoms with Gasteiger partial charge in [-0.15, -0.1) is 0 Å². The SMILES string of the molecule is C=C(C)COCCNCC1CCCCO1. The number of nitrogens with one attached hydrogen (secondary N) is 1. The van der Waals surface area contributed by atoms with Gasteiger partial charge in [0.05, 0.1) is 19.3 Å². The third kappa shape index (κ3) is 6.66. The molecular weight excluding hydrogens is 190 g/mol. The molecule has 0 spiro atoms. The van der Waals surface area contributed by atoms with E-state index in [0.717, 1.165) is 31.9 Å². The van der Waals surface area contributed by atoms with E-state index in [9.17, 15) is 0 Å². The minimum atomic E-state index is 0.417. The zero-order valence-electron chi connectivity index (χ0n) is 9.76. The maximum atomic E-state index is 5.61. The molecule has 15 heavy (non-hydrogen) atoms. The van der Waals surface area contributed by atoms with E-state index in [2.05, 4.69) is 11.9 Å². The summed E-state index contributed by atoms with van der Waals surface area (Å²) in [5.41, 5.74) is 1.07. The predicted molar refractivity (Wildman–Crippen MR) is 62.1 cm³/mol. The van der Waals surface area contributed by atoms with Crippen LogP contribution < -0.4 is 5.32 Å². The molecule has 3 heteroatoms. The van der Waals surface area contributed by atoms with Crippen molar-refractivity contribution >= 4 is 0 Å². The van der Waals surface area contributed by atoms with Gasteiger partial charge in [-0.2, -0.15) is 0 Å². The molecule has 0 aromatic heterocycles. The van der Waals surface area contributed by atoms with Crippen LogP contribution in [0.2, 0.25) is 0 Å². The summed E-state index contributed by atoms with van der Waals surface area (Å²) in [5.74, 6) is 0. The Labute approximate surface area is 92.8 Å². The van der Waals surface area contributed by atoms with E-state index in [1.165, 1.54) is 19.3 Å². The normalized spacial score (nSPS) is 21.5. The van der Waals surface area contributed by atoms with Crippen molar-refractivity contribution < 1.29 is 9.47 Å². The van der Waals surface area contributed by atoms with Crippen molar-refractivity contribution in [2.75, 3.05) is 32.9 Å². The Morgan fingerprint density at radius 2 is 2.40 bits per heavy atom. The molecule has 1 aliphatic rings. The lowest BCUT2D eigenvalue weighted by atomic mass is 10.1. The van der Waals surface area contributed by atoms with Crippen LogP contribution in [0.15, 0.2) is 12.2 Å². The second-order valence-electron chi connectivity index (χ2n) is 4.20. The van der Waals surface area contributed by atoms with Gasteiger partial charge in [0.1, 0.15) is 0 Å². The summed E-state index contributed by atoms with van der Waals surface area (Å²) < 4.78 is 11.0. The Hall–Kier alpha value is -0.380. The van der Waals surface area contributed by atoms with E-state index in [1.54, 1.807) is 0 Å². The van der Waals surface area contributed by atoms with Crippen molar-refractivity contribution in [2.45, 2.75) is 32.3 Å². The number of hydrogen-bond donors (Lipinski definition) is 1. The van der Waals surface area contributed by atoms with Gasteiger partial charge in [0, 0.05) is 19.7 Å². The van der Waals surface area contributed by atoms with Crippen LogP contribution in [0.25, 0.3) is 0 Å². The summed E-state index contributed by atoms with van der Waals surface area (Å²) in [7, 11) is 0. The van der Waals surface area contributed by atoms with Gasteiger partial charge in [0.2, 0.25) is 0 Å². The van der Waals surface area contributed by atoms with Crippen LogP contribution in [0, 0.1) is 0 Å². The zero-order valence-corrected chi connectivity index (χ0v) is 9.76. The molecule has 1 atom stereocenters. The highest BCUT2D eigenvalue weighted by molar-refractivity contribution is 4.87. The molecule has 1 heterocycles. The first-order valence-electron chi connectivity index (χ1n) is 5.83. The Kier molecular flexibility index (Phi) is 6.64. The molecule has 0 aromatic carbocycles. The molecule has 0 amide bonds. The lowest BCUT2D eigenvalue weighted by Gasteiger charge is -2.22. The van der Waals surface area contributed by atoms with E-state index >= 15 is 0 Å². The maximum Gasteiger partial charge on any atom is 0.0699 e. The fraction of sp³-hybridized carbons (Fsp3) is 0.833. The Bertz CT molecular complexity index is 176. The number of rotatable bonds is 7. The van der Waals surface area contributed by atoms with E-state index in [0.29, 0.717) is 12.7 Å². The predicted octanol–water partition coefficient (Wildman–Crippen LogP) is 1.74. The monoisotopic (exact) mass is 213 g/mol. The molecule has 0 bridgehead atoms. The third-order valence-electron chi connectivity index (χ3n) is 2.42. The molecule has 1 saturated heterocycles. The van der Waals surface area contributed by atoms with E-state index < -0.39 is 0 Å².